The fourth-order valence-corrected chi connectivity index (χ4v) is 7.47. The molecule has 2 aliphatic rings. The van der Waals surface area contributed by atoms with Crippen LogP contribution in [0.15, 0.2) is 130 Å². The number of halogens is 3. The van der Waals surface area contributed by atoms with E-state index in [-0.39, 0.29) is 67.0 Å². The average Bonchev–Trinajstić information content (AvgIpc) is 3.20. The molecule has 0 saturated carbocycles. The van der Waals surface area contributed by atoms with Crippen molar-refractivity contribution in [1.82, 2.24) is 0 Å². The first-order valence-electron chi connectivity index (χ1n) is 22.1. The van der Waals surface area contributed by atoms with E-state index >= 15 is 0 Å². The van der Waals surface area contributed by atoms with Gasteiger partial charge >= 0.3 is 11.9 Å². The van der Waals surface area contributed by atoms with Gasteiger partial charge in [0.05, 0.1) is 0 Å². The molecule has 0 amide bonds. The zero-order valence-corrected chi connectivity index (χ0v) is 42.9. The zero-order chi connectivity index (χ0) is 46.6. The molecule has 0 spiro atoms. The number of carbonyl (C=O) groups excluding carboxylic acids is 4. The number of nitrogens with two attached hydrogens (primary N) is 4. The monoisotopic (exact) mass is 977 g/mol. The molecular formula is C53H83Cl3N4O6. The molecule has 8 N–H and O–H groups in total. The van der Waals surface area contributed by atoms with E-state index in [4.69, 9.17) is 32.4 Å². The third-order valence-electron chi connectivity index (χ3n) is 11.3. The smallest absolute Gasteiger partial charge is 0.323 e. The lowest BCUT2D eigenvalue weighted by Crippen LogP contribution is -2.42. The highest BCUT2D eigenvalue weighted by molar-refractivity contribution is 6.02. The van der Waals surface area contributed by atoms with Crippen molar-refractivity contribution in [2.24, 2.45) is 33.8 Å². The Morgan fingerprint density at radius 2 is 0.879 bits per heavy atom. The summed E-state index contributed by atoms with van der Waals surface area (Å²) >= 11 is 0. The summed E-state index contributed by atoms with van der Waals surface area (Å²) in [6, 6.07) is -1.52. The van der Waals surface area contributed by atoms with Gasteiger partial charge in [-0.15, -0.1) is 37.2 Å². The van der Waals surface area contributed by atoms with Gasteiger partial charge in [-0.05, 0) is 113 Å². The molecular weight excluding hydrogens is 895 g/mol. The molecule has 4 unspecified atom stereocenters. The minimum atomic E-state index is -0.839. The first kappa shape index (κ1) is 66.4. The van der Waals surface area contributed by atoms with Crippen LogP contribution in [0.4, 0.5) is 0 Å². The van der Waals surface area contributed by atoms with Crippen LogP contribution in [0, 0.1) is 10.8 Å². The van der Waals surface area contributed by atoms with Crippen LogP contribution in [0.3, 0.4) is 0 Å². The van der Waals surface area contributed by atoms with Gasteiger partial charge < -0.3 is 32.4 Å². The van der Waals surface area contributed by atoms with Crippen LogP contribution in [0.25, 0.3) is 0 Å². The Hall–Kier alpha value is -3.87. The number of hydrogen-bond acceptors (Lipinski definition) is 10. The minimum absolute atomic E-state index is 0. The summed E-state index contributed by atoms with van der Waals surface area (Å²) in [4.78, 5) is 51.6. The van der Waals surface area contributed by atoms with E-state index in [1.54, 1.807) is 13.8 Å². The minimum Gasteiger partial charge on any atom is -0.453 e. The van der Waals surface area contributed by atoms with Gasteiger partial charge in [0.25, 0.3) is 0 Å². The predicted molar refractivity (Wildman–Crippen MR) is 283 cm³/mol. The molecule has 13 heteroatoms. The van der Waals surface area contributed by atoms with Gasteiger partial charge in [-0.2, -0.15) is 0 Å². The third-order valence-corrected chi connectivity index (χ3v) is 11.3. The molecule has 0 radical (unpaired) electrons. The van der Waals surface area contributed by atoms with Crippen molar-refractivity contribution in [2.45, 2.75) is 152 Å². The van der Waals surface area contributed by atoms with E-state index in [0.29, 0.717) is 49.9 Å². The van der Waals surface area contributed by atoms with Crippen molar-refractivity contribution in [2.75, 3.05) is 13.1 Å². The van der Waals surface area contributed by atoms with Crippen molar-refractivity contribution < 1.29 is 28.7 Å². The van der Waals surface area contributed by atoms with Crippen LogP contribution in [0.2, 0.25) is 0 Å². The molecule has 66 heavy (non-hydrogen) atoms. The number of esters is 2. The fraction of sp³-hybridized carbons (Fsp3) is 0.509. The van der Waals surface area contributed by atoms with Crippen molar-refractivity contribution in [3.05, 3.63) is 130 Å². The third kappa shape index (κ3) is 22.3. The summed E-state index contributed by atoms with van der Waals surface area (Å²) in [7, 11) is 0. The van der Waals surface area contributed by atoms with Crippen LogP contribution in [0.5, 0.6) is 0 Å². The lowest BCUT2D eigenvalue weighted by molar-refractivity contribution is -0.157. The number of unbranched alkanes of at least 4 members (excludes halogenated alkanes) is 2. The Balaban J connectivity index is -0.00000992. The zero-order valence-electron chi connectivity index (χ0n) is 40.4. The lowest BCUT2D eigenvalue weighted by Gasteiger charge is -2.36. The van der Waals surface area contributed by atoms with Crippen LogP contribution in [-0.4, -0.2) is 60.9 Å². The first-order chi connectivity index (χ1) is 29.1. The van der Waals surface area contributed by atoms with Crippen molar-refractivity contribution in [3.63, 3.8) is 0 Å². The highest BCUT2D eigenvalue weighted by atomic mass is 35.5. The number of allylic oxidation sites excluding steroid dienone is 20. The van der Waals surface area contributed by atoms with Gasteiger partial charge in [0.15, 0.2) is 23.8 Å². The Bertz CT molecular complexity index is 1820. The fourth-order valence-electron chi connectivity index (χ4n) is 7.47. The number of carbonyl (C=O) groups is 4. The van der Waals surface area contributed by atoms with Gasteiger partial charge in [-0.1, -0.05) is 155 Å². The molecule has 2 rings (SSSR count). The molecule has 0 aliphatic heterocycles. The van der Waals surface area contributed by atoms with Crippen molar-refractivity contribution >= 4 is 60.7 Å². The molecule has 0 fully saturated rings. The molecule has 0 heterocycles. The largest absolute Gasteiger partial charge is 0.453 e. The highest BCUT2D eigenvalue weighted by Gasteiger charge is 2.41. The lowest BCUT2D eigenvalue weighted by atomic mass is 9.71. The van der Waals surface area contributed by atoms with E-state index in [1.165, 1.54) is 0 Å². The summed E-state index contributed by atoms with van der Waals surface area (Å²) in [5.41, 5.74) is 29.6. The SMILES string of the molecule is C.CC1=C(/C=C/C(C)=C/C=C/C(C)=C/C=C/C=C(C)/C=C/C=C(C)/C=C/C2=C(C)C(=O)C(OC(=O)C(N)CCCCN)CC2(C)C)C(C)(C)CC(OC(=O)C(N)CCCCN)C1=O.Cl.Cl.Cl. The van der Waals surface area contributed by atoms with Gasteiger partial charge in [0.1, 0.15) is 12.1 Å². The summed E-state index contributed by atoms with van der Waals surface area (Å²) in [5.74, 6) is -1.44. The maximum atomic E-state index is 13.2. The van der Waals surface area contributed by atoms with E-state index in [9.17, 15) is 19.2 Å². The number of Topliss-reactive ketones (excluding diaryl/α,β-unsaturated/α-hetero) is 2. The van der Waals surface area contributed by atoms with Crippen molar-refractivity contribution in [3.8, 4) is 0 Å². The second-order valence-corrected chi connectivity index (χ2v) is 18.0. The van der Waals surface area contributed by atoms with E-state index in [2.05, 4.69) is 27.7 Å². The normalized spacial score (nSPS) is 20.4. The molecule has 4 atom stereocenters. The quantitative estimate of drug-likeness (QED) is 0.0461. The molecule has 0 aromatic heterocycles. The maximum Gasteiger partial charge on any atom is 0.323 e. The molecule has 0 aromatic carbocycles. The molecule has 2 aliphatic carbocycles. The maximum absolute atomic E-state index is 13.2. The molecule has 0 bridgehead atoms. The Labute approximate surface area is 416 Å². The Morgan fingerprint density at radius 3 is 1.20 bits per heavy atom. The summed E-state index contributed by atoms with van der Waals surface area (Å²) in [5, 5.41) is 0. The summed E-state index contributed by atoms with van der Waals surface area (Å²) in [6.07, 6.45) is 31.3. The topological polar surface area (TPSA) is 191 Å². The molecule has 10 nitrogen and oxygen atoms in total. The van der Waals surface area contributed by atoms with Crippen LogP contribution >= 0.6 is 37.2 Å². The predicted octanol–water partition coefficient (Wildman–Crippen LogP) is 10.8. The van der Waals surface area contributed by atoms with E-state index < -0.39 is 36.2 Å². The molecule has 0 aromatic rings. The van der Waals surface area contributed by atoms with Crippen LogP contribution < -0.4 is 22.9 Å². The number of ether oxygens (including phenoxy) is 2. The van der Waals surface area contributed by atoms with Gasteiger partial charge in [0, 0.05) is 12.8 Å². The van der Waals surface area contributed by atoms with Gasteiger partial charge in [-0.25, -0.2) is 0 Å². The highest BCUT2D eigenvalue weighted by Crippen LogP contribution is 2.42. The first-order valence-corrected chi connectivity index (χ1v) is 22.1. The second-order valence-electron chi connectivity index (χ2n) is 18.0. The Morgan fingerprint density at radius 1 is 0.576 bits per heavy atom. The van der Waals surface area contributed by atoms with Gasteiger partial charge in [0.2, 0.25) is 0 Å². The second kappa shape index (κ2) is 32.8. The van der Waals surface area contributed by atoms with E-state index in [1.807, 2.05) is 113 Å². The summed E-state index contributed by atoms with van der Waals surface area (Å²) < 4.78 is 11.2. The standard InChI is InChI=1S/C52H76N4O6.CH4.3ClH/c1-35(21-17-23-37(3)27-29-41-39(5)47(57)45(33-51(41,7)8)61-49(59)43(55)25-13-15-31-53)19-11-12-20-36(2)22-18-24-38(4)28-30-42-40(6)48(58)46(34-52(42,9)10)62-50(60)44(56)26-14-16-32-54;;;;/h11-12,17-24,27-30,43-46H,13-16,25-26,31-34,53-56H2,1-10H3;1H4;3*1H/b12-11+,21-17+,22-18+,29-27+,30-28+,35-19+,36-20+,37-23+,38-24+;;;;. The van der Waals surface area contributed by atoms with E-state index in [0.717, 1.165) is 59.1 Å². The number of hydrogen-bond donors (Lipinski definition) is 4. The number of ketones is 2. The van der Waals surface area contributed by atoms with Gasteiger partial charge in [-0.3, -0.25) is 19.2 Å². The van der Waals surface area contributed by atoms with Crippen molar-refractivity contribution in [1.29, 1.82) is 0 Å². The van der Waals surface area contributed by atoms with Crippen LogP contribution in [0.1, 0.15) is 128 Å². The number of rotatable bonds is 22. The summed E-state index contributed by atoms with van der Waals surface area (Å²) in [6.45, 7) is 21.0. The average molecular weight is 979 g/mol. The molecule has 372 valence electrons. The Kier molecular flexibility index (Phi) is 33.0. The molecule has 0 saturated heterocycles. The van der Waals surface area contributed by atoms with Crippen LogP contribution in [-0.2, 0) is 28.7 Å².